The summed E-state index contributed by atoms with van der Waals surface area (Å²) in [6.45, 7) is 2.18. The molecule has 1 atom stereocenters. The van der Waals surface area contributed by atoms with Gasteiger partial charge >= 0.3 is 5.97 Å². The molecule has 0 aromatic heterocycles. The fourth-order valence-electron chi connectivity index (χ4n) is 1.92. The highest BCUT2D eigenvalue weighted by Gasteiger charge is 2.15. The fourth-order valence-corrected chi connectivity index (χ4v) is 3.23. The first kappa shape index (κ1) is 17.7. The zero-order valence-corrected chi connectivity index (χ0v) is 15.1. The quantitative estimate of drug-likeness (QED) is 0.527. The first-order chi connectivity index (χ1) is 11.1. The Labute approximate surface area is 146 Å². The van der Waals surface area contributed by atoms with E-state index in [1.54, 1.807) is 24.3 Å². The maximum atomic E-state index is 12.1. The molecule has 0 heterocycles. The fraction of sp³-hybridized carbons (Fsp3) is 0.235. The Morgan fingerprint density at radius 3 is 2.65 bits per heavy atom. The van der Waals surface area contributed by atoms with E-state index < -0.39 is 16.8 Å². The van der Waals surface area contributed by atoms with E-state index in [1.165, 1.54) is 0 Å². The molecule has 23 heavy (non-hydrogen) atoms. The van der Waals surface area contributed by atoms with Crippen LogP contribution in [0.1, 0.15) is 17.3 Å². The summed E-state index contributed by atoms with van der Waals surface area (Å²) in [5, 5.41) is 0. The minimum Gasteiger partial charge on any atom is -0.490 e. The first-order valence-corrected chi connectivity index (χ1v) is 9.26. The topological polar surface area (TPSA) is 52.6 Å². The van der Waals surface area contributed by atoms with Gasteiger partial charge in [0.2, 0.25) is 0 Å². The molecule has 0 fully saturated rings. The summed E-state index contributed by atoms with van der Waals surface area (Å²) in [5.41, 5.74) is 0.343. The van der Waals surface area contributed by atoms with Gasteiger partial charge in [0.15, 0.2) is 0 Å². The van der Waals surface area contributed by atoms with Crippen LogP contribution in [-0.2, 0) is 15.5 Å². The van der Waals surface area contributed by atoms with E-state index >= 15 is 0 Å². The smallest absolute Gasteiger partial charge is 0.339 e. The van der Waals surface area contributed by atoms with Crippen LogP contribution in [0.3, 0.4) is 0 Å². The molecule has 0 aliphatic carbocycles. The molecule has 0 radical (unpaired) electrons. The van der Waals surface area contributed by atoms with Gasteiger partial charge in [-0.3, -0.25) is 4.21 Å². The zero-order chi connectivity index (χ0) is 16.7. The lowest BCUT2D eigenvalue weighted by Crippen LogP contribution is -2.14. The van der Waals surface area contributed by atoms with Gasteiger partial charge < -0.3 is 9.47 Å². The van der Waals surface area contributed by atoms with E-state index in [2.05, 4.69) is 15.9 Å². The van der Waals surface area contributed by atoms with Gasteiger partial charge in [-0.05, 0) is 30.3 Å². The number of hydrogen-bond acceptors (Lipinski definition) is 4. The third-order valence-corrected chi connectivity index (χ3v) is 4.86. The first-order valence-electron chi connectivity index (χ1n) is 7.14. The van der Waals surface area contributed by atoms with E-state index in [0.717, 1.165) is 4.47 Å². The van der Waals surface area contributed by atoms with E-state index in [-0.39, 0.29) is 13.2 Å². The Hall–Kier alpha value is -1.66. The summed E-state index contributed by atoms with van der Waals surface area (Å²) < 4.78 is 23.6. The molecule has 2 aromatic carbocycles. The SMILES string of the molecule is CCS(=O)c1ccccc1C(=O)OCCOc1cccc(Br)c1. The predicted molar refractivity (Wildman–Crippen MR) is 93.3 cm³/mol. The second-order valence-electron chi connectivity index (χ2n) is 4.57. The lowest BCUT2D eigenvalue weighted by molar-refractivity contribution is 0.0446. The van der Waals surface area contributed by atoms with Gasteiger partial charge in [0.25, 0.3) is 0 Å². The molecule has 0 aliphatic rings. The molecular formula is C17H17BrO4S. The molecule has 2 aromatic rings. The standard InChI is InChI=1S/C17H17BrO4S/c1-2-23(20)16-9-4-3-8-15(16)17(19)22-11-10-21-14-7-5-6-13(18)12-14/h3-9,12H,2,10-11H2,1H3. The molecule has 0 N–H and O–H groups in total. The Balaban J connectivity index is 1.89. The van der Waals surface area contributed by atoms with E-state index in [0.29, 0.717) is 22.0 Å². The number of hydrogen-bond donors (Lipinski definition) is 0. The van der Waals surface area contributed by atoms with Crippen LogP contribution in [0.2, 0.25) is 0 Å². The summed E-state index contributed by atoms with van der Waals surface area (Å²) in [5.74, 6) is 0.666. The average Bonchev–Trinajstić information content (AvgIpc) is 2.58. The van der Waals surface area contributed by atoms with Crippen molar-refractivity contribution in [3.05, 3.63) is 58.6 Å². The Bertz CT molecular complexity index is 702. The zero-order valence-electron chi connectivity index (χ0n) is 12.7. The number of carbonyl (C=O) groups excluding carboxylic acids is 1. The maximum absolute atomic E-state index is 12.1. The Morgan fingerprint density at radius 1 is 1.13 bits per heavy atom. The minimum absolute atomic E-state index is 0.123. The Kier molecular flexibility index (Phi) is 6.80. The highest BCUT2D eigenvalue weighted by Crippen LogP contribution is 2.18. The highest BCUT2D eigenvalue weighted by atomic mass is 79.9. The molecule has 0 amide bonds. The van der Waals surface area contributed by atoms with Crippen LogP contribution in [0.4, 0.5) is 0 Å². The second-order valence-corrected chi connectivity index (χ2v) is 7.20. The van der Waals surface area contributed by atoms with Crippen molar-refractivity contribution in [2.75, 3.05) is 19.0 Å². The number of esters is 1. The molecule has 0 saturated carbocycles. The molecule has 1 unspecified atom stereocenters. The van der Waals surface area contributed by atoms with E-state index in [4.69, 9.17) is 9.47 Å². The summed E-state index contributed by atoms with van der Waals surface area (Å²) in [6, 6.07) is 14.2. The Morgan fingerprint density at radius 2 is 1.91 bits per heavy atom. The van der Waals surface area contributed by atoms with Gasteiger partial charge in [-0.2, -0.15) is 0 Å². The van der Waals surface area contributed by atoms with Crippen LogP contribution < -0.4 is 4.74 Å². The number of benzene rings is 2. The second kappa shape index (κ2) is 8.84. The van der Waals surface area contributed by atoms with Gasteiger partial charge in [0.1, 0.15) is 19.0 Å². The number of ether oxygens (including phenoxy) is 2. The molecule has 0 spiro atoms. The maximum Gasteiger partial charge on any atom is 0.339 e. The van der Waals surface area contributed by atoms with Crippen molar-refractivity contribution < 1.29 is 18.5 Å². The summed E-state index contributed by atoms with van der Waals surface area (Å²) >= 11 is 3.36. The largest absolute Gasteiger partial charge is 0.490 e. The van der Waals surface area contributed by atoms with Gasteiger partial charge in [0.05, 0.1) is 21.3 Å². The van der Waals surface area contributed by atoms with Crippen LogP contribution in [0, 0.1) is 0 Å². The van der Waals surface area contributed by atoms with Crippen molar-refractivity contribution >= 4 is 32.7 Å². The molecule has 6 heteroatoms. The third kappa shape index (κ3) is 5.18. The van der Waals surface area contributed by atoms with Crippen molar-refractivity contribution in [3.63, 3.8) is 0 Å². The number of halogens is 1. The normalized spacial score (nSPS) is 11.7. The van der Waals surface area contributed by atoms with Crippen LogP contribution in [-0.4, -0.2) is 29.1 Å². The molecule has 4 nitrogen and oxygen atoms in total. The predicted octanol–water partition coefficient (Wildman–Crippen LogP) is 3.81. The summed E-state index contributed by atoms with van der Waals surface area (Å²) in [4.78, 5) is 12.6. The van der Waals surface area contributed by atoms with Crippen LogP contribution in [0.25, 0.3) is 0 Å². The van der Waals surface area contributed by atoms with E-state index in [9.17, 15) is 9.00 Å². The monoisotopic (exact) mass is 396 g/mol. The van der Waals surface area contributed by atoms with Gasteiger partial charge in [0, 0.05) is 10.2 Å². The highest BCUT2D eigenvalue weighted by molar-refractivity contribution is 9.10. The molecule has 2 rings (SSSR count). The van der Waals surface area contributed by atoms with Gasteiger partial charge in [-0.15, -0.1) is 0 Å². The molecule has 0 saturated heterocycles. The average molecular weight is 397 g/mol. The lowest BCUT2D eigenvalue weighted by atomic mass is 10.2. The lowest BCUT2D eigenvalue weighted by Gasteiger charge is -2.10. The number of rotatable bonds is 7. The number of carbonyl (C=O) groups is 1. The molecule has 0 bridgehead atoms. The third-order valence-electron chi connectivity index (χ3n) is 3.00. The van der Waals surface area contributed by atoms with Crippen LogP contribution >= 0.6 is 15.9 Å². The van der Waals surface area contributed by atoms with Crippen molar-refractivity contribution in [3.8, 4) is 5.75 Å². The van der Waals surface area contributed by atoms with Crippen molar-refractivity contribution in [2.45, 2.75) is 11.8 Å². The summed E-state index contributed by atoms with van der Waals surface area (Å²) in [7, 11) is -1.20. The van der Waals surface area contributed by atoms with Crippen LogP contribution in [0.5, 0.6) is 5.75 Å². The molecule has 0 aliphatic heterocycles. The van der Waals surface area contributed by atoms with Gasteiger partial charge in [-0.25, -0.2) is 4.79 Å². The van der Waals surface area contributed by atoms with Gasteiger partial charge in [-0.1, -0.05) is 41.1 Å². The van der Waals surface area contributed by atoms with E-state index in [1.807, 2.05) is 31.2 Å². The van der Waals surface area contributed by atoms with Crippen molar-refractivity contribution in [1.82, 2.24) is 0 Å². The van der Waals surface area contributed by atoms with Crippen molar-refractivity contribution in [1.29, 1.82) is 0 Å². The van der Waals surface area contributed by atoms with Crippen LogP contribution in [0.15, 0.2) is 57.9 Å². The molecule has 122 valence electrons. The molecular weight excluding hydrogens is 380 g/mol. The van der Waals surface area contributed by atoms with Crippen molar-refractivity contribution in [2.24, 2.45) is 0 Å². The minimum atomic E-state index is -1.20. The summed E-state index contributed by atoms with van der Waals surface area (Å²) in [6.07, 6.45) is 0.